The third-order valence-corrected chi connectivity index (χ3v) is 4.96. The molecule has 2 N–H and O–H groups in total. The van der Waals surface area contributed by atoms with Crippen molar-refractivity contribution in [3.63, 3.8) is 0 Å². The summed E-state index contributed by atoms with van der Waals surface area (Å²) in [5, 5.41) is 12.9. The van der Waals surface area contributed by atoms with Crippen LogP contribution in [0, 0.1) is 0 Å². The Kier molecular flexibility index (Phi) is 14.6. The van der Waals surface area contributed by atoms with Crippen molar-refractivity contribution < 1.29 is 9.90 Å². The third-order valence-electron chi connectivity index (χ3n) is 4.96. The highest BCUT2D eigenvalue weighted by Gasteiger charge is 2.34. The second-order valence-electron chi connectivity index (χ2n) is 6.95. The lowest BCUT2D eigenvalue weighted by Gasteiger charge is -2.29. The summed E-state index contributed by atoms with van der Waals surface area (Å²) in [5.41, 5.74) is -0.699. The van der Waals surface area contributed by atoms with E-state index in [4.69, 9.17) is 0 Å². The predicted molar refractivity (Wildman–Crippen MR) is 100 cm³/mol. The molecule has 1 atom stereocenters. The molecule has 0 saturated carbocycles. The molecule has 0 heterocycles. The Labute approximate surface area is 144 Å². The van der Waals surface area contributed by atoms with Gasteiger partial charge in [0.25, 0.3) is 0 Å². The quantitative estimate of drug-likeness (QED) is 0.326. The number of aliphatic carboxylic acids is 1. The van der Waals surface area contributed by atoms with Crippen molar-refractivity contribution in [3.8, 4) is 0 Å². The molecule has 0 fully saturated rings. The summed E-state index contributed by atoms with van der Waals surface area (Å²) in [4.78, 5) is 11.6. The highest BCUT2D eigenvalue weighted by atomic mass is 16.4. The van der Waals surface area contributed by atoms with Gasteiger partial charge in [0.05, 0.1) is 0 Å². The Morgan fingerprint density at radius 2 is 1.26 bits per heavy atom. The monoisotopic (exact) mass is 327 g/mol. The van der Waals surface area contributed by atoms with Crippen molar-refractivity contribution in [1.82, 2.24) is 5.32 Å². The summed E-state index contributed by atoms with van der Waals surface area (Å²) >= 11 is 0. The third kappa shape index (κ3) is 10.8. The number of carboxylic acids is 1. The van der Waals surface area contributed by atoms with E-state index in [0.29, 0.717) is 6.42 Å². The van der Waals surface area contributed by atoms with E-state index in [1.807, 2.05) is 6.92 Å². The molecule has 0 bridgehead atoms. The van der Waals surface area contributed by atoms with Crippen LogP contribution in [0.1, 0.15) is 111 Å². The summed E-state index contributed by atoms with van der Waals surface area (Å²) < 4.78 is 0. The molecular weight excluding hydrogens is 286 g/mol. The first-order valence-corrected chi connectivity index (χ1v) is 10.1. The molecule has 0 aliphatic heterocycles. The van der Waals surface area contributed by atoms with Crippen LogP contribution in [0.2, 0.25) is 0 Å². The molecule has 0 rings (SSSR count). The van der Waals surface area contributed by atoms with Crippen LogP contribution < -0.4 is 5.32 Å². The number of nitrogens with one attached hydrogen (secondary N) is 1. The molecule has 3 nitrogen and oxygen atoms in total. The largest absolute Gasteiger partial charge is 0.480 e. The summed E-state index contributed by atoms with van der Waals surface area (Å²) in [6.45, 7) is 7.19. The first-order valence-electron chi connectivity index (χ1n) is 10.1. The number of unbranched alkanes of at least 4 members (excludes halogenated alkanes) is 10. The van der Waals surface area contributed by atoms with E-state index in [9.17, 15) is 9.90 Å². The van der Waals surface area contributed by atoms with Crippen LogP contribution >= 0.6 is 0 Å². The van der Waals surface area contributed by atoms with Gasteiger partial charge in [-0.1, -0.05) is 91.4 Å². The molecule has 0 aliphatic carbocycles. The molecule has 23 heavy (non-hydrogen) atoms. The molecule has 3 heteroatoms. The lowest BCUT2D eigenvalue weighted by molar-refractivity contribution is -0.145. The number of hydrogen-bond acceptors (Lipinski definition) is 2. The molecule has 0 aliphatic rings. The van der Waals surface area contributed by atoms with Crippen LogP contribution in [-0.2, 0) is 4.79 Å². The first kappa shape index (κ1) is 22.4. The SMILES string of the molecule is CCCCCCCCCCCCNC(CC)(CCCC)C(=O)O. The van der Waals surface area contributed by atoms with Crippen molar-refractivity contribution in [2.45, 2.75) is 116 Å². The van der Waals surface area contributed by atoms with Gasteiger partial charge in [0.15, 0.2) is 0 Å². The van der Waals surface area contributed by atoms with E-state index in [0.717, 1.165) is 32.2 Å². The fraction of sp³-hybridized carbons (Fsp3) is 0.950. The Bertz CT molecular complexity index is 281. The molecule has 0 amide bonds. The van der Waals surface area contributed by atoms with Gasteiger partial charge in [-0.3, -0.25) is 4.79 Å². The van der Waals surface area contributed by atoms with Crippen LogP contribution in [0.3, 0.4) is 0 Å². The van der Waals surface area contributed by atoms with Crippen molar-refractivity contribution in [1.29, 1.82) is 0 Å². The Hall–Kier alpha value is -0.570. The normalized spacial score (nSPS) is 13.9. The van der Waals surface area contributed by atoms with Crippen molar-refractivity contribution in [2.24, 2.45) is 0 Å². The van der Waals surface area contributed by atoms with Gasteiger partial charge >= 0.3 is 5.97 Å². The summed E-state index contributed by atoms with van der Waals surface area (Å²) in [6.07, 6.45) is 16.6. The standard InChI is InChI=1S/C20H41NO2/c1-4-7-9-10-11-12-13-14-15-16-18-21-20(6-3,19(22)23)17-8-5-2/h21H,4-18H2,1-3H3,(H,22,23). The van der Waals surface area contributed by atoms with Gasteiger partial charge in [-0.2, -0.15) is 0 Å². The van der Waals surface area contributed by atoms with E-state index in [1.165, 1.54) is 57.8 Å². The van der Waals surface area contributed by atoms with Crippen LogP contribution in [-0.4, -0.2) is 23.2 Å². The number of carboxylic acid groups (broad SMARTS) is 1. The molecule has 0 radical (unpaired) electrons. The second-order valence-corrected chi connectivity index (χ2v) is 6.95. The molecule has 0 saturated heterocycles. The lowest BCUT2D eigenvalue weighted by atomic mass is 9.89. The van der Waals surface area contributed by atoms with Gasteiger partial charge in [0.1, 0.15) is 5.54 Å². The second kappa shape index (κ2) is 15.0. The van der Waals surface area contributed by atoms with Crippen molar-refractivity contribution >= 4 is 5.97 Å². The minimum Gasteiger partial charge on any atom is -0.480 e. The number of rotatable bonds is 17. The molecule has 0 aromatic rings. The van der Waals surface area contributed by atoms with E-state index in [-0.39, 0.29) is 0 Å². The van der Waals surface area contributed by atoms with E-state index in [1.54, 1.807) is 0 Å². The van der Waals surface area contributed by atoms with Gasteiger partial charge < -0.3 is 10.4 Å². The van der Waals surface area contributed by atoms with E-state index < -0.39 is 11.5 Å². The van der Waals surface area contributed by atoms with Crippen LogP contribution in [0.5, 0.6) is 0 Å². The fourth-order valence-corrected chi connectivity index (χ4v) is 3.14. The molecule has 0 aromatic carbocycles. The summed E-state index contributed by atoms with van der Waals surface area (Å²) in [5.74, 6) is -0.680. The molecule has 1 unspecified atom stereocenters. The average molecular weight is 328 g/mol. The number of carbonyl (C=O) groups is 1. The zero-order valence-corrected chi connectivity index (χ0v) is 16.0. The Morgan fingerprint density at radius 3 is 1.70 bits per heavy atom. The molecule has 138 valence electrons. The molecule has 0 spiro atoms. The van der Waals surface area contributed by atoms with E-state index in [2.05, 4.69) is 19.2 Å². The zero-order valence-electron chi connectivity index (χ0n) is 16.0. The maximum atomic E-state index is 11.6. The average Bonchev–Trinajstić information content (AvgIpc) is 2.55. The predicted octanol–water partition coefficient (Wildman–Crippen LogP) is 5.92. The zero-order chi connectivity index (χ0) is 17.4. The number of hydrogen-bond donors (Lipinski definition) is 2. The smallest absolute Gasteiger partial charge is 0.323 e. The van der Waals surface area contributed by atoms with Crippen LogP contribution in [0.15, 0.2) is 0 Å². The van der Waals surface area contributed by atoms with Gasteiger partial charge in [-0.15, -0.1) is 0 Å². The minimum atomic E-state index is -0.699. The van der Waals surface area contributed by atoms with Crippen molar-refractivity contribution in [2.75, 3.05) is 6.54 Å². The molecule has 0 aromatic heterocycles. The van der Waals surface area contributed by atoms with Crippen LogP contribution in [0.25, 0.3) is 0 Å². The van der Waals surface area contributed by atoms with Gasteiger partial charge in [0.2, 0.25) is 0 Å². The topological polar surface area (TPSA) is 49.3 Å². The minimum absolute atomic E-state index is 0.667. The Balaban J connectivity index is 3.68. The molecular formula is C20H41NO2. The van der Waals surface area contributed by atoms with Gasteiger partial charge in [-0.05, 0) is 25.8 Å². The Morgan fingerprint density at radius 1 is 0.783 bits per heavy atom. The van der Waals surface area contributed by atoms with Crippen LogP contribution in [0.4, 0.5) is 0 Å². The summed E-state index contributed by atoms with van der Waals surface area (Å²) in [7, 11) is 0. The first-order chi connectivity index (χ1) is 11.1. The maximum absolute atomic E-state index is 11.6. The highest BCUT2D eigenvalue weighted by Crippen LogP contribution is 2.19. The van der Waals surface area contributed by atoms with Gasteiger partial charge in [-0.25, -0.2) is 0 Å². The summed E-state index contributed by atoms with van der Waals surface area (Å²) in [6, 6.07) is 0. The fourth-order valence-electron chi connectivity index (χ4n) is 3.14. The van der Waals surface area contributed by atoms with E-state index >= 15 is 0 Å². The highest BCUT2D eigenvalue weighted by molar-refractivity contribution is 5.78. The van der Waals surface area contributed by atoms with Crippen molar-refractivity contribution in [3.05, 3.63) is 0 Å². The van der Waals surface area contributed by atoms with Gasteiger partial charge in [0, 0.05) is 0 Å². The lowest BCUT2D eigenvalue weighted by Crippen LogP contribution is -2.52. The maximum Gasteiger partial charge on any atom is 0.323 e.